The van der Waals surface area contributed by atoms with Crippen molar-refractivity contribution in [2.24, 2.45) is 5.92 Å². The van der Waals surface area contributed by atoms with E-state index >= 15 is 0 Å². The molecule has 0 unspecified atom stereocenters. The molecule has 142 valence electrons. The Bertz CT molecular complexity index is 810. The molecule has 0 bridgehead atoms. The molecular formula is C21H24IN3O2. The number of nitrogens with one attached hydrogen (secondary N) is 2. The predicted molar refractivity (Wildman–Crippen MR) is 117 cm³/mol. The Morgan fingerprint density at radius 3 is 2.67 bits per heavy atom. The van der Waals surface area contributed by atoms with E-state index in [0.29, 0.717) is 13.1 Å². The number of carbonyl (C=O) groups is 2. The monoisotopic (exact) mass is 477 g/mol. The van der Waals surface area contributed by atoms with Gasteiger partial charge in [0.05, 0.1) is 12.5 Å². The van der Waals surface area contributed by atoms with Crippen LogP contribution in [0.3, 0.4) is 0 Å². The van der Waals surface area contributed by atoms with Crippen molar-refractivity contribution in [3.63, 3.8) is 0 Å². The van der Waals surface area contributed by atoms with Crippen LogP contribution >= 0.6 is 22.6 Å². The van der Waals surface area contributed by atoms with Crippen LogP contribution in [0.2, 0.25) is 0 Å². The van der Waals surface area contributed by atoms with Gasteiger partial charge in [-0.3, -0.25) is 14.5 Å². The van der Waals surface area contributed by atoms with Gasteiger partial charge in [0.1, 0.15) is 0 Å². The minimum Gasteiger partial charge on any atom is -0.326 e. The summed E-state index contributed by atoms with van der Waals surface area (Å²) in [7, 11) is 0. The standard InChI is InChI=1S/C21H24IN3O2/c1-15-12-17(22)9-10-19(15)24-20(26)14-25-11-5-6-16(13-25)21(27)23-18-7-3-2-4-8-18/h2-4,7-10,12,16H,5-6,11,13-14H2,1H3,(H,23,27)(H,24,26)/t16-/m0/s1. The van der Waals surface area contributed by atoms with E-state index in [4.69, 9.17) is 0 Å². The summed E-state index contributed by atoms with van der Waals surface area (Å²) in [5.41, 5.74) is 2.70. The Balaban J connectivity index is 1.53. The number of amides is 2. The highest BCUT2D eigenvalue weighted by Crippen LogP contribution is 2.20. The van der Waals surface area contributed by atoms with Gasteiger partial charge in [-0.25, -0.2) is 0 Å². The van der Waals surface area contributed by atoms with Crippen LogP contribution in [0.15, 0.2) is 48.5 Å². The lowest BCUT2D eigenvalue weighted by atomic mass is 9.97. The van der Waals surface area contributed by atoms with Gasteiger partial charge in [-0.2, -0.15) is 0 Å². The average molecular weight is 477 g/mol. The lowest BCUT2D eigenvalue weighted by Gasteiger charge is -2.31. The molecule has 1 fully saturated rings. The molecule has 1 aliphatic heterocycles. The molecule has 0 saturated carbocycles. The molecule has 0 spiro atoms. The SMILES string of the molecule is Cc1cc(I)ccc1NC(=O)CN1CCC[C@H](C(=O)Nc2ccccc2)C1. The summed E-state index contributed by atoms with van der Waals surface area (Å²) in [6, 6.07) is 15.5. The normalized spacial score (nSPS) is 17.3. The number of para-hydroxylation sites is 1. The highest BCUT2D eigenvalue weighted by molar-refractivity contribution is 14.1. The third-order valence-corrected chi connectivity index (χ3v) is 5.42. The molecule has 1 atom stereocenters. The maximum Gasteiger partial charge on any atom is 0.238 e. The van der Waals surface area contributed by atoms with Crippen LogP contribution in [0.4, 0.5) is 11.4 Å². The van der Waals surface area contributed by atoms with Crippen LogP contribution in [0.1, 0.15) is 18.4 Å². The van der Waals surface area contributed by atoms with E-state index in [-0.39, 0.29) is 17.7 Å². The molecule has 0 radical (unpaired) electrons. The smallest absolute Gasteiger partial charge is 0.238 e. The minimum absolute atomic E-state index is 0.0276. The fraction of sp³-hybridized carbons (Fsp3) is 0.333. The molecule has 1 aliphatic rings. The number of aryl methyl sites for hydroxylation is 1. The summed E-state index contributed by atoms with van der Waals surface area (Å²) in [5.74, 6) is -0.102. The number of anilines is 2. The molecule has 6 heteroatoms. The Kier molecular flexibility index (Phi) is 6.84. The molecule has 0 aliphatic carbocycles. The van der Waals surface area contributed by atoms with Gasteiger partial charge >= 0.3 is 0 Å². The zero-order valence-electron chi connectivity index (χ0n) is 15.4. The first-order valence-corrected chi connectivity index (χ1v) is 10.2. The van der Waals surface area contributed by atoms with Crippen molar-refractivity contribution < 1.29 is 9.59 Å². The Hall–Kier alpha value is -1.93. The van der Waals surface area contributed by atoms with Crippen molar-refractivity contribution in [3.05, 3.63) is 57.7 Å². The van der Waals surface area contributed by atoms with E-state index in [1.807, 2.05) is 55.5 Å². The van der Waals surface area contributed by atoms with Gasteiger partial charge in [0.25, 0.3) is 0 Å². The number of piperidine rings is 1. The topological polar surface area (TPSA) is 61.4 Å². The van der Waals surface area contributed by atoms with Crippen LogP contribution in [-0.2, 0) is 9.59 Å². The Labute approximate surface area is 173 Å². The summed E-state index contributed by atoms with van der Waals surface area (Å²) in [4.78, 5) is 27.0. The first-order chi connectivity index (χ1) is 13.0. The van der Waals surface area contributed by atoms with Crippen molar-refractivity contribution in [2.75, 3.05) is 30.3 Å². The lowest BCUT2D eigenvalue weighted by molar-refractivity contribution is -0.123. The van der Waals surface area contributed by atoms with Crippen molar-refractivity contribution in [1.82, 2.24) is 4.90 Å². The maximum absolute atomic E-state index is 12.5. The first-order valence-electron chi connectivity index (χ1n) is 9.15. The van der Waals surface area contributed by atoms with Gasteiger partial charge in [0.2, 0.25) is 11.8 Å². The summed E-state index contributed by atoms with van der Waals surface area (Å²) in [5, 5.41) is 5.96. The molecular weight excluding hydrogens is 453 g/mol. The summed E-state index contributed by atoms with van der Waals surface area (Å²) in [6.45, 7) is 3.75. The van der Waals surface area contributed by atoms with E-state index in [9.17, 15) is 9.59 Å². The van der Waals surface area contributed by atoms with E-state index in [1.165, 1.54) is 0 Å². The van der Waals surface area contributed by atoms with E-state index in [2.05, 4.69) is 38.1 Å². The Morgan fingerprint density at radius 2 is 1.93 bits per heavy atom. The number of likely N-dealkylation sites (tertiary alicyclic amines) is 1. The molecule has 2 N–H and O–H groups in total. The molecule has 2 aromatic carbocycles. The van der Waals surface area contributed by atoms with Crippen LogP contribution in [0, 0.1) is 16.4 Å². The molecule has 2 aromatic rings. The summed E-state index contributed by atoms with van der Waals surface area (Å²) in [6.07, 6.45) is 1.77. The number of halogens is 1. The van der Waals surface area contributed by atoms with Gasteiger partial charge in [0, 0.05) is 21.5 Å². The molecule has 1 saturated heterocycles. The fourth-order valence-corrected chi connectivity index (χ4v) is 3.99. The second-order valence-corrected chi connectivity index (χ2v) is 8.18. The molecule has 2 amide bonds. The highest BCUT2D eigenvalue weighted by atomic mass is 127. The lowest BCUT2D eigenvalue weighted by Crippen LogP contribution is -2.44. The minimum atomic E-state index is -0.0909. The third-order valence-electron chi connectivity index (χ3n) is 4.75. The van der Waals surface area contributed by atoms with Crippen molar-refractivity contribution >= 4 is 45.8 Å². The Morgan fingerprint density at radius 1 is 1.15 bits per heavy atom. The molecule has 3 rings (SSSR count). The summed E-state index contributed by atoms with van der Waals surface area (Å²) < 4.78 is 1.14. The highest BCUT2D eigenvalue weighted by Gasteiger charge is 2.27. The van der Waals surface area contributed by atoms with Gasteiger partial charge in [-0.1, -0.05) is 18.2 Å². The number of nitrogens with zero attached hydrogens (tertiary/aromatic N) is 1. The van der Waals surface area contributed by atoms with Gasteiger partial charge < -0.3 is 10.6 Å². The third kappa shape index (κ3) is 5.77. The molecule has 5 nitrogen and oxygen atoms in total. The quantitative estimate of drug-likeness (QED) is 0.643. The zero-order chi connectivity index (χ0) is 19.2. The van der Waals surface area contributed by atoms with Gasteiger partial charge in [-0.15, -0.1) is 0 Å². The number of hydrogen-bond acceptors (Lipinski definition) is 3. The second kappa shape index (κ2) is 9.32. The number of benzene rings is 2. The van der Waals surface area contributed by atoms with Crippen molar-refractivity contribution in [2.45, 2.75) is 19.8 Å². The van der Waals surface area contributed by atoms with Crippen molar-refractivity contribution in [3.8, 4) is 0 Å². The van der Waals surface area contributed by atoms with Gasteiger partial charge in [-0.05, 0) is 84.8 Å². The van der Waals surface area contributed by atoms with Crippen molar-refractivity contribution in [1.29, 1.82) is 0 Å². The number of hydrogen-bond donors (Lipinski definition) is 2. The fourth-order valence-electron chi connectivity index (χ4n) is 3.34. The maximum atomic E-state index is 12.5. The summed E-state index contributed by atoms with van der Waals surface area (Å²) >= 11 is 2.26. The molecule has 0 aromatic heterocycles. The van der Waals surface area contributed by atoms with E-state index in [0.717, 1.165) is 39.9 Å². The first kappa shape index (κ1) is 19.8. The van der Waals surface area contributed by atoms with Gasteiger partial charge in [0.15, 0.2) is 0 Å². The van der Waals surface area contributed by atoms with Crippen LogP contribution in [0.25, 0.3) is 0 Å². The molecule has 27 heavy (non-hydrogen) atoms. The number of rotatable bonds is 5. The number of carbonyl (C=O) groups excluding carboxylic acids is 2. The second-order valence-electron chi connectivity index (χ2n) is 6.94. The van der Waals surface area contributed by atoms with Crippen LogP contribution in [0.5, 0.6) is 0 Å². The molecule has 1 heterocycles. The van der Waals surface area contributed by atoms with Crippen LogP contribution in [-0.4, -0.2) is 36.3 Å². The largest absolute Gasteiger partial charge is 0.326 e. The average Bonchev–Trinajstić information content (AvgIpc) is 2.65. The predicted octanol–water partition coefficient (Wildman–Crippen LogP) is 3.89. The van der Waals surface area contributed by atoms with Crippen LogP contribution < -0.4 is 10.6 Å². The van der Waals surface area contributed by atoms with E-state index in [1.54, 1.807) is 0 Å². The zero-order valence-corrected chi connectivity index (χ0v) is 17.5. The van der Waals surface area contributed by atoms with E-state index < -0.39 is 0 Å².